The Morgan fingerprint density at radius 2 is 1.90 bits per heavy atom. The molecule has 21 heavy (non-hydrogen) atoms. The topological polar surface area (TPSA) is 49.0 Å². The van der Waals surface area contributed by atoms with Crippen molar-refractivity contribution in [2.45, 2.75) is 37.3 Å². The van der Waals surface area contributed by atoms with E-state index in [4.69, 9.17) is 18.9 Å². The molecule has 0 saturated carbocycles. The van der Waals surface area contributed by atoms with Crippen molar-refractivity contribution in [3.8, 4) is 11.5 Å². The summed E-state index contributed by atoms with van der Waals surface area (Å²) in [5, 5.41) is 3.63. The van der Waals surface area contributed by atoms with Crippen LogP contribution in [0.15, 0.2) is 18.2 Å². The Morgan fingerprint density at radius 1 is 1.05 bits per heavy atom. The predicted molar refractivity (Wildman–Crippen MR) is 77.9 cm³/mol. The molecule has 3 heterocycles. The van der Waals surface area contributed by atoms with E-state index in [0.717, 1.165) is 62.7 Å². The molecule has 1 aromatic rings. The maximum Gasteiger partial charge on any atom is 0.231 e. The van der Waals surface area contributed by atoms with Crippen LogP contribution in [-0.2, 0) is 9.47 Å². The van der Waals surface area contributed by atoms with Crippen molar-refractivity contribution in [1.82, 2.24) is 0 Å². The Balaban J connectivity index is 1.44. The highest BCUT2D eigenvalue weighted by Crippen LogP contribution is 2.37. The Labute approximate surface area is 124 Å². The van der Waals surface area contributed by atoms with Crippen molar-refractivity contribution in [3.05, 3.63) is 18.2 Å². The van der Waals surface area contributed by atoms with Gasteiger partial charge in [0.1, 0.15) is 0 Å². The first-order valence-electron chi connectivity index (χ1n) is 7.71. The first-order chi connectivity index (χ1) is 10.3. The molecular weight excluding hydrogens is 270 g/mol. The molecule has 3 aliphatic rings. The van der Waals surface area contributed by atoms with Crippen molar-refractivity contribution in [3.63, 3.8) is 0 Å². The van der Waals surface area contributed by atoms with Crippen LogP contribution in [0.4, 0.5) is 5.69 Å². The number of benzene rings is 1. The molecule has 0 amide bonds. The summed E-state index contributed by atoms with van der Waals surface area (Å²) in [6.07, 6.45) is 4.10. The van der Waals surface area contributed by atoms with Gasteiger partial charge in [0.15, 0.2) is 11.5 Å². The second-order valence-electron chi connectivity index (χ2n) is 6.05. The van der Waals surface area contributed by atoms with Crippen molar-refractivity contribution in [1.29, 1.82) is 0 Å². The normalized spacial score (nSPS) is 26.8. The zero-order valence-electron chi connectivity index (χ0n) is 12.1. The lowest BCUT2D eigenvalue weighted by atomic mass is 9.84. The van der Waals surface area contributed by atoms with Crippen LogP contribution < -0.4 is 14.8 Å². The summed E-state index contributed by atoms with van der Waals surface area (Å²) < 4.78 is 22.3. The van der Waals surface area contributed by atoms with E-state index in [1.54, 1.807) is 0 Å². The molecular formula is C16H21NO4. The molecule has 0 aliphatic carbocycles. The van der Waals surface area contributed by atoms with Gasteiger partial charge in [-0.05, 0) is 37.8 Å². The zero-order valence-corrected chi connectivity index (χ0v) is 12.1. The minimum atomic E-state index is 0.0184. The van der Waals surface area contributed by atoms with Gasteiger partial charge in [0.05, 0.1) is 5.60 Å². The summed E-state index contributed by atoms with van der Waals surface area (Å²) in [5.74, 6) is 1.65. The maximum absolute atomic E-state index is 6.08. The van der Waals surface area contributed by atoms with Gasteiger partial charge in [0.25, 0.3) is 0 Å². The Hall–Kier alpha value is -1.46. The molecule has 0 aromatic heterocycles. The summed E-state index contributed by atoms with van der Waals surface area (Å²) in [7, 11) is 0. The third-order valence-electron chi connectivity index (χ3n) is 4.64. The molecule has 1 N–H and O–H groups in total. The van der Waals surface area contributed by atoms with E-state index in [1.165, 1.54) is 0 Å². The summed E-state index contributed by atoms with van der Waals surface area (Å²) in [6, 6.07) is 6.49. The van der Waals surface area contributed by atoms with Crippen LogP contribution in [0.1, 0.15) is 25.7 Å². The second-order valence-corrected chi connectivity index (χ2v) is 6.05. The Morgan fingerprint density at radius 3 is 2.81 bits per heavy atom. The number of anilines is 1. The van der Waals surface area contributed by atoms with Gasteiger partial charge in [-0.1, -0.05) is 0 Å². The first-order valence-corrected chi connectivity index (χ1v) is 7.71. The summed E-state index contributed by atoms with van der Waals surface area (Å²) >= 11 is 0. The molecule has 5 nitrogen and oxygen atoms in total. The number of ether oxygens (including phenoxy) is 4. The lowest BCUT2D eigenvalue weighted by Gasteiger charge is -2.43. The van der Waals surface area contributed by atoms with Crippen molar-refractivity contribution >= 4 is 5.69 Å². The second kappa shape index (κ2) is 5.39. The van der Waals surface area contributed by atoms with Crippen LogP contribution in [0.25, 0.3) is 0 Å². The zero-order chi connectivity index (χ0) is 14.1. The fourth-order valence-corrected chi connectivity index (χ4v) is 3.46. The van der Waals surface area contributed by atoms with E-state index >= 15 is 0 Å². The highest BCUT2D eigenvalue weighted by Gasteiger charge is 2.39. The van der Waals surface area contributed by atoms with Crippen LogP contribution in [-0.4, -0.2) is 38.3 Å². The molecule has 3 aliphatic heterocycles. The van der Waals surface area contributed by atoms with Crippen molar-refractivity contribution < 1.29 is 18.9 Å². The highest BCUT2D eigenvalue weighted by molar-refractivity contribution is 5.56. The van der Waals surface area contributed by atoms with Gasteiger partial charge in [-0.2, -0.15) is 0 Å². The third kappa shape index (κ3) is 2.68. The van der Waals surface area contributed by atoms with E-state index in [-0.39, 0.29) is 5.60 Å². The standard InChI is InChI=1S/C16H21NO4/c1-2-14-15(20-11-19-14)9-12(1)17-13-3-6-21-16(10-13)4-7-18-8-5-16/h1-2,9,13,17H,3-8,10-11H2. The van der Waals surface area contributed by atoms with Gasteiger partial charge in [-0.25, -0.2) is 0 Å². The minimum Gasteiger partial charge on any atom is -0.454 e. The Bertz CT molecular complexity index is 507. The monoisotopic (exact) mass is 291 g/mol. The van der Waals surface area contributed by atoms with E-state index < -0.39 is 0 Å². The van der Waals surface area contributed by atoms with Crippen LogP contribution in [0.2, 0.25) is 0 Å². The third-order valence-corrected chi connectivity index (χ3v) is 4.64. The molecule has 1 aromatic carbocycles. The molecule has 1 atom stereocenters. The van der Waals surface area contributed by atoms with Crippen LogP contribution >= 0.6 is 0 Å². The lowest BCUT2D eigenvalue weighted by Crippen LogP contribution is -2.47. The average Bonchev–Trinajstić information content (AvgIpc) is 2.96. The van der Waals surface area contributed by atoms with E-state index in [0.29, 0.717) is 12.8 Å². The average molecular weight is 291 g/mol. The SMILES string of the molecule is c1cc2c(cc1NC1CCOC3(CCOCC3)C1)OCO2. The van der Waals surface area contributed by atoms with Gasteiger partial charge in [-0.3, -0.25) is 0 Å². The molecule has 2 saturated heterocycles. The molecule has 5 heteroatoms. The number of hydrogen-bond acceptors (Lipinski definition) is 5. The highest BCUT2D eigenvalue weighted by atomic mass is 16.7. The number of nitrogens with one attached hydrogen (secondary N) is 1. The molecule has 0 radical (unpaired) electrons. The van der Waals surface area contributed by atoms with E-state index in [1.807, 2.05) is 12.1 Å². The number of fused-ring (bicyclic) bond motifs is 1. The molecule has 0 bridgehead atoms. The first kappa shape index (κ1) is 13.2. The van der Waals surface area contributed by atoms with Gasteiger partial charge >= 0.3 is 0 Å². The molecule has 1 spiro atoms. The molecule has 2 fully saturated rings. The van der Waals surface area contributed by atoms with E-state index in [2.05, 4.69) is 11.4 Å². The van der Waals surface area contributed by atoms with Crippen molar-refractivity contribution in [2.75, 3.05) is 31.9 Å². The minimum absolute atomic E-state index is 0.0184. The quantitative estimate of drug-likeness (QED) is 0.907. The molecule has 4 rings (SSSR count). The van der Waals surface area contributed by atoms with Gasteiger partial charge in [0.2, 0.25) is 6.79 Å². The molecule has 114 valence electrons. The summed E-state index contributed by atoms with van der Waals surface area (Å²) in [5.41, 5.74) is 1.11. The fraction of sp³-hybridized carbons (Fsp3) is 0.625. The van der Waals surface area contributed by atoms with Gasteiger partial charge in [-0.15, -0.1) is 0 Å². The number of hydrogen-bond donors (Lipinski definition) is 1. The van der Waals surface area contributed by atoms with Crippen LogP contribution in [0.3, 0.4) is 0 Å². The Kier molecular flexibility index (Phi) is 3.39. The van der Waals surface area contributed by atoms with Crippen LogP contribution in [0, 0.1) is 0 Å². The van der Waals surface area contributed by atoms with Crippen LogP contribution in [0.5, 0.6) is 11.5 Å². The lowest BCUT2D eigenvalue weighted by molar-refractivity contribution is -0.135. The summed E-state index contributed by atoms with van der Waals surface area (Å²) in [6.45, 7) is 2.77. The van der Waals surface area contributed by atoms with Crippen molar-refractivity contribution in [2.24, 2.45) is 0 Å². The maximum atomic E-state index is 6.08. The fourth-order valence-electron chi connectivity index (χ4n) is 3.46. The largest absolute Gasteiger partial charge is 0.454 e. The predicted octanol–water partition coefficient (Wildman–Crippen LogP) is 2.56. The van der Waals surface area contributed by atoms with Gasteiger partial charge < -0.3 is 24.3 Å². The van der Waals surface area contributed by atoms with Gasteiger partial charge in [0, 0.05) is 37.6 Å². The summed E-state index contributed by atoms with van der Waals surface area (Å²) in [4.78, 5) is 0. The molecule has 1 unspecified atom stereocenters. The number of rotatable bonds is 2. The van der Waals surface area contributed by atoms with E-state index in [9.17, 15) is 0 Å². The smallest absolute Gasteiger partial charge is 0.231 e.